The first-order chi connectivity index (χ1) is 5.31. The molecule has 0 aromatic heterocycles. The Morgan fingerprint density at radius 1 is 1.09 bits per heavy atom. The third-order valence-electron chi connectivity index (χ3n) is 2.81. The molecule has 0 aromatic carbocycles. The van der Waals surface area contributed by atoms with Crippen LogP contribution in [0.5, 0.6) is 0 Å². The van der Waals surface area contributed by atoms with Crippen LogP contribution in [-0.2, 0) is 0 Å². The SMILES string of the molecule is CC.CN1CCCC2(CC2)C1. The Morgan fingerprint density at radius 2 is 1.73 bits per heavy atom. The van der Waals surface area contributed by atoms with E-state index in [1.54, 1.807) is 0 Å². The minimum absolute atomic E-state index is 0.826. The highest BCUT2D eigenvalue weighted by Gasteiger charge is 2.44. The number of hydrogen-bond acceptors (Lipinski definition) is 1. The van der Waals surface area contributed by atoms with E-state index < -0.39 is 0 Å². The van der Waals surface area contributed by atoms with Crippen molar-refractivity contribution >= 4 is 0 Å². The van der Waals surface area contributed by atoms with Crippen molar-refractivity contribution in [3.05, 3.63) is 0 Å². The quantitative estimate of drug-likeness (QED) is 0.519. The maximum atomic E-state index is 2.48. The molecular weight excluding hydrogens is 134 g/mol. The van der Waals surface area contributed by atoms with Gasteiger partial charge in [-0.05, 0) is 44.7 Å². The van der Waals surface area contributed by atoms with Crippen LogP contribution in [0.1, 0.15) is 39.5 Å². The normalized spacial score (nSPS) is 27.5. The maximum absolute atomic E-state index is 2.48. The van der Waals surface area contributed by atoms with E-state index in [1.165, 1.54) is 38.8 Å². The molecule has 11 heavy (non-hydrogen) atoms. The van der Waals surface area contributed by atoms with Gasteiger partial charge in [-0.25, -0.2) is 0 Å². The van der Waals surface area contributed by atoms with E-state index in [-0.39, 0.29) is 0 Å². The van der Waals surface area contributed by atoms with Gasteiger partial charge >= 0.3 is 0 Å². The average molecular weight is 155 g/mol. The van der Waals surface area contributed by atoms with Crippen LogP contribution in [0.15, 0.2) is 0 Å². The Labute approximate surface area is 70.8 Å². The zero-order valence-corrected chi connectivity index (χ0v) is 8.19. The van der Waals surface area contributed by atoms with Gasteiger partial charge in [0, 0.05) is 6.54 Å². The van der Waals surface area contributed by atoms with Crippen molar-refractivity contribution in [3.8, 4) is 0 Å². The molecule has 0 amide bonds. The summed E-state index contributed by atoms with van der Waals surface area (Å²) in [6.45, 7) is 6.72. The van der Waals surface area contributed by atoms with Crippen molar-refractivity contribution in [2.75, 3.05) is 20.1 Å². The Balaban J connectivity index is 0.000000281. The fourth-order valence-corrected chi connectivity index (χ4v) is 2.04. The standard InChI is InChI=1S/C8H15N.C2H6/c1-9-6-2-3-8(7-9)4-5-8;1-2/h2-7H2,1H3;1-2H3. The van der Waals surface area contributed by atoms with Gasteiger partial charge in [0.15, 0.2) is 0 Å². The van der Waals surface area contributed by atoms with E-state index in [0.717, 1.165) is 5.41 Å². The predicted molar refractivity (Wildman–Crippen MR) is 49.7 cm³/mol. The zero-order valence-electron chi connectivity index (χ0n) is 8.19. The molecule has 0 N–H and O–H groups in total. The molecule has 1 saturated heterocycles. The van der Waals surface area contributed by atoms with Crippen LogP contribution in [-0.4, -0.2) is 25.0 Å². The molecule has 1 aliphatic carbocycles. The molecule has 1 heteroatoms. The van der Waals surface area contributed by atoms with Gasteiger partial charge in [0.2, 0.25) is 0 Å². The summed E-state index contributed by atoms with van der Waals surface area (Å²) in [6, 6.07) is 0. The number of nitrogens with zero attached hydrogens (tertiary/aromatic N) is 1. The van der Waals surface area contributed by atoms with Crippen LogP contribution in [0.3, 0.4) is 0 Å². The van der Waals surface area contributed by atoms with Crippen molar-refractivity contribution in [1.29, 1.82) is 0 Å². The number of piperidine rings is 1. The van der Waals surface area contributed by atoms with Gasteiger partial charge in [-0.15, -0.1) is 0 Å². The first-order valence-corrected chi connectivity index (χ1v) is 4.99. The lowest BCUT2D eigenvalue weighted by molar-refractivity contribution is 0.194. The highest BCUT2D eigenvalue weighted by atomic mass is 15.1. The fraction of sp³-hybridized carbons (Fsp3) is 1.00. The summed E-state index contributed by atoms with van der Waals surface area (Å²) in [6.07, 6.45) is 5.97. The molecule has 1 heterocycles. The Morgan fingerprint density at radius 3 is 2.09 bits per heavy atom. The van der Waals surface area contributed by atoms with E-state index in [2.05, 4.69) is 11.9 Å². The average Bonchev–Trinajstić information content (AvgIpc) is 2.73. The summed E-state index contributed by atoms with van der Waals surface area (Å²) in [5.74, 6) is 0. The molecule has 0 atom stereocenters. The van der Waals surface area contributed by atoms with Crippen LogP contribution in [0.2, 0.25) is 0 Å². The van der Waals surface area contributed by atoms with Crippen LogP contribution in [0.4, 0.5) is 0 Å². The number of hydrogen-bond donors (Lipinski definition) is 0. The molecule has 1 spiro atoms. The Kier molecular flexibility index (Phi) is 2.94. The van der Waals surface area contributed by atoms with Gasteiger partial charge < -0.3 is 4.90 Å². The molecule has 2 fully saturated rings. The van der Waals surface area contributed by atoms with Crippen molar-refractivity contribution in [3.63, 3.8) is 0 Å². The largest absolute Gasteiger partial charge is 0.306 e. The summed E-state index contributed by atoms with van der Waals surface area (Å²) < 4.78 is 0. The smallest absolute Gasteiger partial charge is 0.00349 e. The second-order valence-electron chi connectivity index (χ2n) is 3.84. The van der Waals surface area contributed by atoms with E-state index in [4.69, 9.17) is 0 Å². The van der Waals surface area contributed by atoms with E-state index >= 15 is 0 Å². The van der Waals surface area contributed by atoms with Crippen molar-refractivity contribution in [2.45, 2.75) is 39.5 Å². The molecular formula is C10H21N. The third kappa shape index (κ3) is 2.19. The maximum Gasteiger partial charge on any atom is 0.00349 e. The predicted octanol–water partition coefficient (Wildman–Crippen LogP) is 2.52. The van der Waals surface area contributed by atoms with Crippen molar-refractivity contribution in [2.24, 2.45) is 5.41 Å². The summed E-state index contributed by atoms with van der Waals surface area (Å²) in [7, 11) is 2.25. The molecule has 0 aromatic rings. The van der Waals surface area contributed by atoms with Gasteiger partial charge in [0.1, 0.15) is 0 Å². The third-order valence-corrected chi connectivity index (χ3v) is 2.81. The van der Waals surface area contributed by atoms with Crippen LogP contribution < -0.4 is 0 Å². The molecule has 0 radical (unpaired) electrons. The Bertz CT molecular complexity index is 116. The first kappa shape index (κ1) is 9.05. The second kappa shape index (κ2) is 3.57. The van der Waals surface area contributed by atoms with Gasteiger partial charge in [0.25, 0.3) is 0 Å². The van der Waals surface area contributed by atoms with Crippen LogP contribution in [0, 0.1) is 5.41 Å². The molecule has 1 aliphatic heterocycles. The highest BCUT2D eigenvalue weighted by molar-refractivity contribution is 4.97. The molecule has 1 saturated carbocycles. The first-order valence-electron chi connectivity index (χ1n) is 4.99. The van der Waals surface area contributed by atoms with E-state index in [0.29, 0.717) is 0 Å². The van der Waals surface area contributed by atoms with Gasteiger partial charge in [-0.1, -0.05) is 13.8 Å². The minimum atomic E-state index is 0.826. The second-order valence-corrected chi connectivity index (χ2v) is 3.84. The lowest BCUT2D eigenvalue weighted by atomic mass is 9.96. The number of rotatable bonds is 0. The Hall–Kier alpha value is -0.0400. The summed E-state index contributed by atoms with van der Waals surface area (Å²) in [5, 5.41) is 0. The zero-order chi connectivity index (χ0) is 8.32. The van der Waals surface area contributed by atoms with E-state index in [1.807, 2.05) is 13.8 Å². The van der Waals surface area contributed by atoms with Gasteiger partial charge in [-0.3, -0.25) is 0 Å². The van der Waals surface area contributed by atoms with E-state index in [9.17, 15) is 0 Å². The minimum Gasteiger partial charge on any atom is -0.306 e. The molecule has 0 bridgehead atoms. The van der Waals surface area contributed by atoms with Crippen molar-refractivity contribution < 1.29 is 0 Å². The summed E-state index contributed by atoms with van der Waals surface area (Å²) >= 11 is 0. The highest BCUT2D eigenvalue weighted by Crippen LogP contribution is 2.51. The van der Waals surface area contributed by atoms with Crippen LogP contribution in [0.25, 0.3) is 0 Å². The number of likely N-dealkylation sites (tertiary alicyclic amines) is 1. The molecule has 66 valence electrons. The lowest BCUT2D eigenvalue weighted by Crippen LogP contribution is -2.32. The van der Waals surface area contributed by atoms with Crippen LogP contribution >= 0.6 is 0 Å². The van der Waals surface area contributed by atoms with Gasteiger partial charge in [0.05, 0.1) is 0 Å². The molecule has 1 nitrogen and oxygen atoms in total. The summed E-state index contributed by atoms with van der Waals surface area (Å²) in [4.78, 5) is 2.48. The van der Waals surface area contributed by atoms with Crippen molar-refractivity contribution in [1.82, 2.24) is 4.90 Å². The fourth-order valence-electron chi connectivity index (χ4n) is 2.04. The van der Waals surface area contributed by atoms with Gasteiger partial charge in [-0.2, -0.15) is 0 Å². The molecule has 2 rings (SSSR count). The monoisotopic (exact) mass is 155 g/mol. The molecule has 2 aliphatic rings. The molecule has 0 unspecified atom stereocenters. The summed E-state index contributed by atoms with van der Waals surface area (Å²) in [5.41, 5.74) is 0.826. The lowest BCUT2D eigenvalue weighted by Gasteiger charge is -2.29. The topological polar surface area (TPSA) is 3.24 Å².